The predicted octanol–water partition coefficient (Wildman–Crippen LogP) is 3.82. The van der Waals surface area contributed by atoms with Crippen molar-refractivity contribution in [3.63, 3.8) is 0 Å². The van der Waals surface area contributed by atoms with E-state index in [-0.39, 0.29) is 0 Å². The summed E-state index contributed by atoms with van der Waals surface area (Å²) >= 11 is 0. The van der Waals surface area contributed by atoms with Crippen molar-refractivity contribution in [2.45, 2.75) is 91.3 Å². The van der Waals surface area contributed by atoms with Crippen molar-refractivity contribution in [3.05, 3.63) is 0 Å². The minimum Gasteiger partial charge on any atom is -0.425 e. The average Bonchev–Trinajstić information content (AvgIpc) is 2.40. The topological polar surface area (TPSA) is 18.5 Å². The first kappa shape index (κ1) is 21.6. The molecule has 0 unspecified atom stereocenters. The number of hydrogen-bond acceptors (Lipinski definition) is 2. The molecule has 0 aliphatic rings. The first-order valence-electron chi connectivity index (χ1n) is 8.34. The van der Waals surface area contributed by atoms with Gasteiger partial charge < -0.3 is 8.85 Å². The van der Waals surface area contributed by atoms with E-state index in [4.69, 9.17) is 8.85 Å². The van der Waals surface area contributed by atoms with Crippen LogP contribution in [-0.2, 0) is 8.85 Å². The molecule has 0 aliphatic carbocycles. The molecule has 0 N–H and O–H groups in total. The monoisotopic (exact) mass is 306 g/mol. The van der Waals surface area contributed by atoms with Gasteiger partial charge in [-0.05, 0) is 31.9 Å². The van der Waals surface area contributed by atoms with E-state index in [1.54, 1.807) is 0 Å². The smallest absolute Gasteiger partial charge is 0.176 e. The molecule has 0 aromatic rings. The third kappa shape index (κ3) is 16.3. The van der Waals surface area contributed by atoms with Crippen molar-refractivity contribution < 1.29 is 8.85 Å². The molecule has 0 aromatic heterocycles. The van der Waals surface area contributed by atoms with Gasteiger partial charge in [-0.25, -0.2) is 0 Å². The van der Waals surface area contributed by atoms with E-state index < -0.39 is 9.04 Å². The fraction of sp³-hybridized carbons (Fsp3) is 1.00. The number of rotatable bonds is 11. The zero-order valence-corrected chi connectivity index (χ0v) is 17.5. The van der Waals surface area contributed by atoms with Gasteiger partial charge in [0.15, 0.2) is 9.04 Å². The second-order valence-electron chi connectivity index (χ2n) is 5.09. The van der Waals surface area contributed by atoms with E-state index in [0.717, 1.165) is 17.1 Å². The van der Waals surface area contributed by atoms with E-state index in [9.17, 15) is 0 Å². The van der Waals surface area contributed by atoms with Gasteiger partial charge in [0.25, 0.3) is 0 Å². The largest absolute Gasteiger partial charge is 0.425 e. The normalized spacial score (nSPS) is 10.9. The summed E-state index contributed by atoms with van der Waals surface area (Å²) in [7, 11) is 0.167. The highest BCUT2D eigenvalue weighted by Gasteiger charge is 2.07. The molecule has 0 aliphatic heterocycles. The lowest BCUT2D eigenvalue weighted by Crippen LogP contribution is -2.16. The highest BCUT2D eigenvalue weighted by molar-refractivity contribution is 6.51. The zero-order valence-electron chi connectivity index (χ0n) is 14.3. The fourth-order valence-corrected chi connectivity index (χ4v) is 5.07. The van der Waals surface area contributed by atoms with Gasteiger partial charge >= 0.3 is 0 Å². The van der Waals surface area contributed by atoms with Crippen molar-refractivity contribution in [3.8, 4) is 0 Å². The molecule has 0 fully saturated rings. The van der Waals surface area contributed by atoms with Crippen LogP contribution in [0.15, 0.2) is 0 Å². The van der Waals surface area contributed by atoms with Crippen LogP contribution in [0.25, 0.3) is 0 Å². The quantitative estimate of drug-likeness (QED) is 0.540. The Labute approximate surface area is 126 Å². The molecule has 0 saturated carbocycles. The molecule has 4 heteroatoms. The van der Waals surface area contributed by atoms with Gasteiger partial charge in [0.05, 0.1) is 0 Å². The fourth-order valence-electron chi connectivity index (χ4n) is 2.21. The van der Waals surface area contributed by atoms with Gasteiger partial charge in [-0.15, -0.1) is 0 Å². The molecule has 0 rings (SSSR count). The summed E-state index contributed by atoms with van der Waals surface area (Å²) in [5.74, 6) is 0. The summed E-state index contributed by atoms with van der Waals surface area (Å²) in [6.07, 6.45) is 8.19. The molecule has 2 nitrogen and oxygen atoms in total. The standard InChI is InChI=1S/C8H20OSi.C7H18OSi/c1-4-7-10(8-5-2)9-6-3;1-3-5-7(8-9)6-4-2/h10H,4-8H2,1-3H3;7H,3-6H2,1-2,9H3. The van der Waals surface area contributed by atoms with E-state index in [2.05, 4.69) is 34.6 Å². The molecule has 0 radical (unpaired) electrons. The van der Waals surface area contributed by atoms with Crippen LogP contribution in [0.1, 0.15) is 73.1 Å². The number of hydrogen-bond donors (Lipinski definition) is 0. The van der Waals surface area contributed by atoms with Crippen molar-refractivity contribution >= 4 is 19.5 Å². The SMILES string of the molecule is CCCC(CCC)O[SiH3].CCC[SiH](CCC)OCC. The predicted molar refractivity (Wildman–Crippen MR) is 93.6 cm³/mol. The van der Waals surface area contributed by atoms with Crippen LogP contribution in [0.5, 0.6) is 0 Å². The Morgan fingerprint density at radius 2 is 1.32 bits per heavy atom. The highest BCUT2D eigenvalue weighted by atomic mass is 28.3. The zero-order chi connectivity index (χ0) is 14.9. The molecule has 0 bridgehead atoms. The Morgan fingerprint density at radius 1 is 0.842 bits per heavy atom. The highest BCUT2D eigenvalue weighted by Crippen LogP contribution is 2.07. The van der Waals surface area contributed by atoms with Gasteiger partial charge in [0, 0.05) is 12.7 Å². The van der Waals surface area contributed by atoms with Crippen molar-refractivity contribution in [2.75, 3.05) is 6.61 Å². The lowest BCUT2D eigenvalue weighted by atomic mass is 10.1. The van der Waals surface area contributed by atoms with Crippen LogP contribution in [0.2, 0.25) is 12.1 Å². The van der Waals surface area contributed by atoms with Crippen LogP contribution in [0, 0.1) is 0 Å². The minimum atomic E-state index is -0.734. The second kappa shape index (κ2) is 18.4. The summed E-state index contributed by atoms with van der Waals surface area (Å²) in [5.41, 5.74) is 0. The van der Waals surface area contributed by atoms with Crippen LogP contribution < -0.4 is 0 Å². The van der Waals surface area contributed by atoms with E-state index >= 15 is 0 Å². The summed E-state index contributed by atoms with van der Waals surface area (Å²) in [6, 6.07) is 2.73. The summed E-state index contributed by atoms with van der Waals surface area (Å²) in [4.78, 5) is 0. The first-order valence-corrected chi connectivity index (χ1v) is 11.3. The second-order valence-corrected chi connectivity index (χ2v) is 8.29. The summed E-state index contributed by atoms with van der Waals surface area (Å²) in [5, 5.41) is 0. The Bertz CT molecular complexity index is 137. The Hall–Kier alpha value is 0.354. The van der Waals surface area contributed by atoms with Crippen molar-refractivity contribution in [2.24, 2.45) is 0 Å². The molecular formula is C15H38O2Si2. The third-order valence-corrected chi connectivity index (χ3v) is 7.09. The molecule has 0 spiro atoms. The average molecular weight is 307 g/mol. The maximum absolute atomic E-state index is 5.66. The van der Waals surface area contributed by atoms with Gasteiger partial charge in [-0.3, -0.25) is 0 Å². The van der Waals surface area contributed by atoms with Crippen LogP contribution >= 0.6 is 0 Å². The maximum Gasteiger partial charge on any atom is 0.176 e. The third-order valence-electron chi connectivity index (χ3n) is 3.18. The van der Waals surface area contributed by atoms with Crippen LogP contribution in [0.3, 0.4) is 0 Å². The summed E-state index contributed by atoms with van der Waals surface area (Å²) in [6.45, 7) is 11.9. The lowest BCUT2D eigenvalue weighted by molar-refractivity contribution is 0.196. The van der Waals surface area contributed by atoms with Gasteiger partial charge in [-0.2, -0.15) is 0 Å². The van der Waals surface area contributed by atoms with Crippen LogP contribution in [0.4, 0.5) is 0 Å². The molecule has 0 aromatic carbocycles. The van der Waals surface area contributed by atoms with Crippen molar-refractivity contribution in [1.82, 2.24) is 0 Å². The van der Waals surface area contributed by atoms with Crippen molar-refractivity contribution in [1.29, 1.82) is 0 Å². The summed E-state index contributed by atoms with van der Waals surface area (Å²) < 4.78 is 11.0. The minimum absolute atomic E-state index is 0.576. The van der Waals surface area contributed by atoms with Gasteiger partial charge in [0.1, 0.15) is 10.5 Å². The van der Waals surface area contributed by atoms with E-state index in [1.807, 2.05) is 0 Å². The Balaban J connectivity index is 0. The van der Waals surface area contributed by atoms with E-state index in [0.29, 0.717) is 6.10 Å². The molecule has 0 atom stereocenters. The van der Waals surface area contributed by atoms with E-state index in [1.165, 1.54) is 50.6 Å². The molecule has 0 heterocycles. The van der Waals surface area contributed by atoms with Gasteiger partial charge in [0.2, 0.25) is 0 Å². The molecular weight excluding hydrogens is 268 g/mol. The molecule has 118 valence electrons. The molecule has 19 heavy (non-hydrogen) atoms. The first-order chi connectivity index (χ1) is 9.19. The van der Waals surface area contributed by atoms with Crippen LogP contribution in [-0.4, -0.2) is 32.2 Å². The van der Waals surface area contributed by atoms with Gasteiger partial charge in [-0.1, -0.05) is 53.4 Å². The Kier molecular flexibility index (Phi) is 20.9. The molecule has 0 amide bonds. The lowest BCUT2D eigenvalue weighted by Gasteiger charge is -2.12. The maximum atomic E-state index is 5.66. The Morgan fingerprint density at radius 3 is 1.58 bits per heavy atom. The molecule has 0 saturated heterocycles.